The number of carbonyl (C=O) groups excluding carboxylic acids is 1. The van der Waals surface area contributed by atoms with Crippen molar-refractivity contribution in [2.75, 3.05) is 18.6 Å². The van der Waals surface area contributed by atoms with Gasteiger partial charge in [0.25, 0.3) is 0 Å². The second-order valence-corrected chi connectivity index (χ2v) is 8.41. The molecule has 0 bridgehead atoms. The number of rotatable bonds is 3. The minimum Gasteiger partial charge on any atom is -0.495 e. The highest BCUT2D eigenvalue weighted by molar-refractivity contribution is 9.10. The highest BCUT2D eigenvalue weighted by Gasteiger charge is 2.38. The lowest BCUT2D eigenvalue weighted by Gasteiger charge is -2.19. The lowest BCUT2D eigenvalue weighted by Crippen LogP contribution is -2.27. The Hall–Kier alpha value is -0.500. The normalized spacial score (nSPS) is 19.5. The average molecular weight is 403 g/mol. The summed E-state index contributed by atoms with van der Waals surface area (Å²) >= 11 is 9.38. The maximum absolute atomic E-state index is 12.0. The molecule has 1 saturated heterocycles. The van der Waals surface area contributed by atoms with Crippen LogP contribution < -0.4 is 9.64 Å². The molecule has 1 aliphatic rings. The summed E-state index contributed by atoms with van der Waals surface area (Å²) in [5.41, 5.74) is 0.402. The van der Waals surface area contributed by atoms with Crippen molar-refractivity contribution in [3.05, 3.63) is 21.6 Å². The maximum Gasteiger partial charge on any atom is 0.237 e. The summed E-state index contributed by atoms with van der Waals surface area (Å²) < 4.78 is 28.5. The van der Waals surface area contributed by atoms with Crippen LogP contribution in [-0.4, -0.2) is 33.2 Å². The van der Waals surface area contributed by atoms with Crippen LogP contribution in [0.25, 0.3) is 0 Å². The first-order valence-corrected chi connectivity index (χ1v) is 9.05. The monoisotopic (exact) mass is 401 g/mol. The zero-order chi connectivity index (χ0) is 15.1. The van der Waals surface area contributed by atoms with E-state index in [2.05, 4.69) is 15.9 Å². The Morgan fingerprint density at radius 3 is 2.60 bits per heavy atom. The molecule has 2 rings (SSSR count). The van der Waals surface area contributed by atoms with E-state index in [9.17, 15) is 13.2 Å². The SMILES string of the molecule is COc1cc(N2CC(S(=O)(=O)Cl)CC2=O)c(Cl)cc1Br. The van der Waals surface area contributed by atoms with Crippen LogP contribution in [0.1, 0.15) is 6.42 Å². The van der Waals surface area contributed by atoms with Crippen LogP contribution in [0.15, 0.2) is 16.6 Å². The number of hydrogen-bond donors (Lipinski definition) is 0. The molecular weight excluding hydrogens is 393 g/mol. The molecule has 1 heterocycles. The Morgan fingerprint density at radius 1 is 1.45 bits per heavy atom. The molecule has 20 heavy (non-hydrogen) atoms. The molecule has 0 spiro atoms. The zero-order valence-electron chi connectivity index (χ0n) is 10.3. The van der Waals surface area contributed by atoms with Crippen molar-refractivity contribution in [1.29, 1.82) is 0 Å². The number of nitrogens with zero attached hydrogens (tertiary/aromatic N) is 1. The molecule has 110 valence electrons. The van der Waals surface area contributed by atoms with Gasteiger partial charge in [0.15, 0.2) is 0 Å². The van der Waals surface area contributed by atoms with Crippen LogP contribution in [0.5, 0.6) is 5.75 Å². The predicted octanol–water partition coefficient (Wildman–Crippen LogP) is 2.79. The summed E-state index contributed by atoms with van der Waals surface area (Å²) in [6, 6.07) is 3.17. The molecule has 5 nitrogen and oxygen atoms in total. The van der Waals surface area contributed by atoms with Crippen LogP contribution in [0, 0.1) is 0 Å². The summed E-state index contributed by atoms with van der Waals surface area (Å²) in [7, 11) is 3.00. The molecule has 1 atom stereocenters. The van der Waals surface area contributed by atoms with E-state index in [-0.39, 0.29) is 18.9 Å². The largest absolute Gasteiger partial charge is 0.495 e. The predicted molar refractivity (Wildman–Crippen MR) is 81.2 cm³/mol. The van der Waals surface area contributed by atoms with Crippen LogP contribution in [-0.2, 0) is 13.8 Å². The molecule has 1 unspecified atom stereocenters. The van der Waals surface area contributed by atoms with Gasteiger partial charge in [-0.15, -0.1) is 0 Å². The van der Waals surface area contributed by atoms with Gasteiger partial charge in [-0.3, -0.25) is 4.79 Å². The Labute approximate surface area is 134 Å². The topological polar surface area (TPSA) is 63.7 Å². The van der Waals surface area contributed by atoms with Crippen molar-refractivity contribution in [2.24, 2.45) is 0 Å². The highest BCUT2D eigenvalue weighted by atomic mass is 79.9. The van der Waals surface area contributed by atoms with Crippen LogP contribution >= 0.6 is 38.2 Å². The van der Waals surface area contributed by atoms with E-state index < -0.39 is 14.3 Å². The van der Waals surface area contributed by atoms with Gasteiger partial charge in [-0.1, -0.05) is 11.6 Å². The summed E-state index contributed by atoms with van der Waals surface area (Å²) in [6.07, 6.45) is -0.152. The number of halogens is 3. The van der Waals surface area contributed by atoms with E-state index in [4.69, 9.17) is 27.0 Å². The average Bonchev–Trinajstić information content (AvgIpc) is 2.71. The Morgan fingerprint density at radius 2 is 2.10 bits per heavy atom. The first-order chi connectivity index (χ1) is 9.24. The first kappa shape index (κ1) is 15.9. The second kappa shape index (κ2) is 5.71. The molecule has 1 aliphatic heterocycles. The summed E-state index contributed by atoms with van der Waals surface area (Å²) in [6.45, 7) is -0.0187. The van der Waals surface area contributed by atoms with E-state index in [1.165, 1.54) is 12.0 Å². The van der Waals surface area contributed by atoms with Crippen LogP contribution in [0.4, 0.5) is 5.69 Å². The molecule has 0 radical (unpaired) electrons. The van der Waals surface area contributed by atoms with Crippen molar-refractivity contribution in [2.45, 2.75) is 11.7 Å². The van der Waals surface area contributed by atoms with Gasteiger partial charge in [-0.25, -0.2) is 8.42 Å². The molecule has 1 aromatic rings. The third kappa shape index (κ3) is 3.05. The fraction of sp³-hybridized carbons (Fsp3) is 0.364. The molecule has 9 heteroatoms. The molecule has 0 aromatic heterocycles. The number of amides is 1. The summed E-state index contributed by atoms with van der Waals surface area (Å²) in [5, 5.41) is -0.610. The smallest absolute Gasteiger partial charge is 0.237 e. The second-order valence-electron chi connectivity index (χ2n) is 4.24. The van der Waals surface area contributed by atoms with Crippen LogP contribution in [0.2, 0.25) is 5.02 Å². The summed E-state index contributed by atoms with van der Waals surface area (Å²) in [5.74, 6) is 0.153. The number of benzene rings is 1. The molecule has 1 aromatic carbocycles. The van der Waals surface area contributed by atoms with Gasteiger partial charge >= 0.3 is 0 Å². The number of anilines is 1. The Balaban J connectivity index is 2.40. The molecule has 0 saturated carbocycles. The van der Waals surface area contributed by atoms with E-state index >= 15 is 0 Å². The molecular formula is C11H10BrCl2NO4S. The lowest BCUT2D eigenvalue weighted by atomic mass is 10.2. The lowest BCUT2D eigenvalue weighted by molar-refractivity contribution is -0.117. The number of carbonyl (C=O) groups is 1. The first-order valence-electron chi connectivity index (χ1n) is 5.51. The zero-order valence-corrected chi connectivity index (χ0v) is 14.2. The molecule has 0 aliphatic carbocycles. The van der Waals surface area contributed by atoms with E-state index in [1.807, 2.05) is 0 Å². The standard InChI is InChI=1S/C11H10BrCl2NO4S/c1-19-10-4-9(8(13)3-7(10)12)15-5-6(2-11(15)16)20(14,17)18/h3-4,6H,2,5H2,1H3. The number of hydrogen-bond acceptors (Lipinski definition) is 4. The van der Waals surface area contributed by atoms with Gasteiger partial charge in [0, 0.05) is 29.7 Å². The molecule has 0 N–H and O–H groups in total. The molecule has 1 fully saturated rings. The van der Waals surface area contributed by atoms with Crippen molar-refractivity contribution in [1.82, 2.24) is 0 Å². The minimum atomic E-state index is -3.79. The fourth-order valence-electron chi connectivity index (χ4n) is 1.98. The van der Waals surface area contributed by atoms with E-state index in [1.54, 1.807) is 12.1 Å². The maximum atomic E-state index is 12.0. The van der Waals surface area contributed by atoms with Gasteiger partial charge in [0.05, 0.1) is 22.3 Å². The third-order valence-electron chi connectivity index (χ3n) is 3.00. The van der Waals surface area contributed by atoms with Gasteiger partial charge in [-0.05, 0) is 22.0 Å². The van der Waals surface area contributed by atoms with Crippen molar-refractivity contribution in [3.63, 3.8) is 0 Å². The van der Waals surface area contributed by atoms with Gasteiger partial charge < -0.3 is 9.64 Å². The Kier molecular flexibility index (Phi) is 4.53. The quantitative estimate of drug-likeness (QED) is 0.729. The highest BCUT2D eigenvalue weighted by Crippen LogP contribution is 2.38. The van der Waals surface area contributed by atoms with E-state index in [0.29, 0.717) is 20.9 Å². The van der Waals surface area contributed by atoms with Crippen molar-refractivity contribution >= 4 is 58.9 Å². The number of ether oxygens (including phenoxy) is 1. The minimum absolute atomic E-state index is 0.0187. The van der Waals surface area contributed by atoms with Crippen molar-refractivity contribution in [3.8, 4) is 5.75 Å². The molecule has 1 amide bonds. The summed E-state index contributed by atoms with van der Waals surface area (Å²) in [4.78, 5) is 13.3. The van der Waals surface area contributed by atoms with Gasteiger partial charge in [-0.2, -0.15) is 0 Å². The van der Waals surface area contributed by atoms with E-state index in [0.717, 1.165) is 0 Å². The van der Waals surface area contributed by atoms with Gasteiger partial charge in [0.1, 0.15) is 11.0 Å². The van der Waals surface area contributed by atoms with Gasteiger partial charge in [0.2, 0.25) is 15.0 Å². The Bertz CT molecular complexity index is 665. The fourth-order valence-corrected chi connectivity index (χ4v) is 3.91. The number of methoxy groups -OCH3 is 1. The van der Waals surface area contributed by atoms with Crippen LogP contribution in [0.3, 0.4) is 0 Å². The van der Waals surface area contributed by atoms with Crippen molar-refractivity contribution < 1.29 is 17.9 Å². The third-order valence-corrected chi connectivity index (χ3v) is 5.79.